The van der Waals surface area contributed by atoms with Gasteiger partial charge in [0.2, 0.25) is 0 Å². The second-order valence-corrected chi connectivity index (χ2v) is 7.24. The molecule has 140 valence electrons. The van der Waals surface area contributed by atoms with Crippen LogP contribution in [0.25, 0.3) is 4.96 Å². The minimum absolute atomic E-state index is 0.00297. The van der Waals surface area contributed by atoms with Gasteiger partial charge >= 0.3 is 5.63 Å². The van der Waals surface area contributed by atoms with Crippen LogP contribution in [-0.2, 0) is 4.74 Å². The Morgan fingerprint density at radius 3 is 2.85 bits per heavy atom. The van der Waals surface area contributed by atoms with E-state index in [9.17, 15) is 14.4 Å². The van der Waals surface area contributed by atoms with E-state index >= 15 is 0 Å². The van der Waals surface area contributed by atoms with Crippen LogP contribution >= 0.6 is 11.3 Å². The minimum Gasteiger partial charge on any atom is -0.427 e. The van der Waals surface area contributed by atoms with Gasteiger partial charge in [-0.15, -0.1) is 11.3 Å². The van der Waals surface area contributed by atoms with E-state index in [1.54, 1.807) is 24.6 Å². The SMILES string of the molecule is Cc1cc(C2CCOCC2)oc(=O)c1C(=O)Nc1cnc2sccn2c1=O. The van der Waals surface area contributed by atoms with Crippen molar-refractivity contribution in [2.75, 3.05) is 18.5 Å². The molecule has 0 bridgehead atoms. The standard InChI is InChI=1S/C18H17N3O5S/c1-10-8-13(11-2-5-25-6-3-11)26-17(24)14(10)15(22)20-12-9-19-18-21(16(12)23)4-7-27-18/h4,7-9,11H,2-3,5-6H2,1H3,(H,20,22). The minimum atomic E-state index is -0.710. The zero-order chi connectivity index (χ0) is 19.0. The van der Waals surface area contributed by atoms with E-state index in [-0.39, 0.29) is 17.2 Å². The lowest BCUT2D eigenvalue weighted by Gasteiger charge is -2.21. The molecule has 0 unspecified atom stereocenters. The molecule has 8 nitrogen and oxygen atoms in total. The summed E-state index contributed by atoms with van der Waals surface area (Å²) in [4.78, 5) is 42.1. The number of thiazole rings is 1. The first-order chi connectivity index (χ1) is 13.0. The summed E-state index contributed by atoms with van der Waals surface area (Å²) < 4.78 is 12.1. The summed E-state index contributed by atoms with van der Waals surface area (Å²) in [6, 6.07) is 1.72. The van der Waals surface area contributed by atoms with Crippen LogP contribution in [0.4, 0.5) is 5.69 Å². The Kier molecular flexibility index (Phi) is 4.63. The van der Waals surface area contributed by atoms with Crippen LogP contribution in [0.15, 0.2) is 37.8 Å². The average Bonchev–Trinajstić information content (AvgIpc) is 3.14. The molecule has 0 spiro atoms. The van der Waals surface area contributed by atoms with Gasteiger partial charge in [0.25, 0.3) is 11.5 Å². The van der Waals surface area contributed by atoms with Gasteiger partial charge in [-0.3, -0.25) is 14.0 Å². The van der Waals surface area contributed by atoms with Crippen molar-refractivity contribution in [2.45, 2.75) is 25.7 Å². The summed E-state index contributed by atoms with van der Waals surface area (Å²) in [5.41, 5.74) is -0.715. The van der Waals surface area contributed by atoms with Crippen LogP contribution in [0, 0.1) is 6.92 Å². The van der Waals surface area contributed by atoms with Gasteiger partial charge in [0.15, 0.2) is 4.96 Å². The second-order valence-electron chi connectivity index (χ2n) is 6.37. The molecule has 1 saturated heterocycles. The molecule has 1 aliphatic rings. The lowest BCUT2D eigenvalue weighted by atomic mass is 9.95. The molecule has 3 aromatic rings. The molecule has 4 rings (SSSR count). The highest BCUT2D eigenvalue weighted by Crippen LogP contribution is 2.27. The van der Waals surface area contributed by atoms with Crippen molar-refractivity contribution >= 4 is 27.9 Å². The first kappa shape index (κ1) is 17.6. The number of carbonyl (C=O) groups is 1. The van der Waals surface area contributed by atoms with Gasteiger partial charge in [-0.25, -0.2) is 9.78 Å². The number of nitrogens with zero attached hydrogens (tertiary/aromatic N) is 2. The molecule has 27 heavy (non-hydrogen) atoms. The van der Waals surface area contributed by atoms with Crippen molar-refractivity contribution < 1.29 is 13.9 Å². The zero-order valence-electron chi connectivity index (χ0n) is 14.6. The molecular formula is C18H17N3O5S. The molecule has 3 aromatic heterocycles. The third-order valence-corrected chi connectivity index (χ3v) is 5.38. The Morgan fingerprint density at radius 2 is 2.11 bits per heavy atom. The molecule has 0 aromatic carbocycles. The maximum Gasteiger partial charge on any atom is 0.349 e. The van der Waals surface area contributed by atoms with Crippen molar-refractivity contribution in [1.29, 1.82) is 0 Å². The van der Waals surface area contributed by atoms with Gasteiger partial charge in [0.1, 0.15) is 17.0 Å². The fourth-order valence-electron chi connectivity index (χ4n) is 3.18. The normalized spacial score (nSPS) is 15.1. The molecule has 1 amide bonds. The molecule has 0 radical (unpaired) electrons. The van der Waals surface area contributed by atoms with Crippen molar-refractivity contribution in [3.63, 3.8) is 0 Å². The Labute approximate surface area is 157 Å². The summed E-state index contributed by atoms with van der Waals surface area (Å²) in [7, 11) is 0. The number of nitrogens with one attached hydrogen (secondary N) is 1. The molecule has 1 N–H and O–H groups in total. The average molecular weight is 387 g/mol. The molecule has 4 heterocycles. The molecule has 1 aliphatic heterocycles. The second kappa shape index (κ2) is 7.09. The van der Waals surface area contributed by atoms with Crippen LogP contribution < -0.4 is 16.5 Å². The van der Waals surface area contributed by atoms with Crippen LogP contribution in [0.2, 0.25) is 0 Å². The number of hydrogen-bond donors (Lipinski definition) is 1. The van der Waals surface area contributed by atoms with Crippen LogP contribution in [0.5, 0.6) is 0 Å². The van der Waals surface area contributed by atoms with E-state index in [1.165, 1.54) is 21.9 Å². The maximum atomic E-state index is 12.6. The third-order valence-electron chi connectivity index (χ3n) is 4.61. The topological polar surface area (TPSA) is 103 Å². The summed E-state index contributed by atoms with van der Waals surface area (Å²) >= 11 is 1.31. The van der Waals surface area contributed by atoms with Gasteiger partial charge in [-0.2, -0.15) is 0 Å². The number of hydrogen-bond acceptors (Lipinski definition) is 7. The fourth-order valence-corrected chi connectivity index (χ4v) is 3.86. The molecule has 0 atom stereocenters. The maximum absolute atomic E-state index is 12.6. The number of aryl methyl sites for hydroxylation is 1. The van der Waals surface area contributed by atoms with Gasteiger partial charge in [0, 0.05) is 30.7 Å². The first-order valence-corrected chi connectivity index (χ1v) is 9.41. The summed E-state index contributed by atoms with van der Waals surface area (Å²) in [5.74, 6) is -0.00950. The highest BCUT2D eigenvalue weighted by atomic mass is 32.1. The Balaban J connectivity index is 1.64. The van der Waals surface area contributed by atoms with E-state index in [2.05, 4.69) is 10.3 Å². The van der Waals surface area contributed by atoms with Crippen molar-refractivity contribution in [3.8, 4) is 0 Å². The van der Waals surface area contributed by atoms with Gasteiger partial charge in [0.05, 0.1) is 6.20 Å². The monoisotopic (exact) mass is 387 g/mol. The highest BCUT2D eigenvalue weighted by Gasteiger charge is 2.23. The lowest BCUT2D eigenvalue weighted by Crippen LogP contribution is -2.27. The first-order valence-electron chi connectivity index (χ1n) is 8.53. The lowest BCUT2D eigenvalue weighted by molar-refractivity contribution is 0.0796. The number of aromatic nitrogens is 2. The number of fused-ring (bicyclic) bond motifs is 1. The van der Waals surface area contributed by atoms with Crippen molar-refractivity contribution in [1.82, 2.24) is 9.38 Å². The van der Waals surface area contributed by atoms with E-state index in [1.807, 2.05) is 0 Å². The van der Waals surface area contributed by atoms with Crippen molar-refractivity contribution in [3.05, 3.63) is 61.5 Å². The molecule has 9 heteroatoms. The predicted molar refractivity (Wildman–Crippen MR) is 99.8 cm³/mol. The van der Waals surface area contributed by atoms with E-state index < -0.39 is 17.1 Å². The van der Waals surface area contributed by atoms with Gasteiger partial charge in [-0.05, 0) is 31.4 Å². The molecular weight excluding hydrogens is 370 g/mol. The molecule has 1 fully saturated rings. The molecule has 0 saturated carbocycles. The van der Waals surface area contributed by atoms with E-state index in [0.29, 0.717) is 29.5 Å². The van der Waals surface area contributed by atoms with Gasteiger partial charge in [-0.1, -0.05) is 0 Å². The largest absolute Gasteiger partial charge is 0.427 e. The number of ether oxygens (including phenoxy) is 1. The van der Waals surface area contributed by atoms with Gasteiger partial charge < -0.3 is 14.5 Å². The van der Waals surface area contributed by atoms with E-state index in [4.69, 9.17) is 9.15 Å². The molecule has 0 aliphatic carbocycles. The summed E-state index contributed by atoms with van der Waals surface area (Å²) in [6.07, 6.45) is 4.42. The smallest absolute Gasteiger partial charge is 0.349 e. The van der Waals surface area contributed by atoms with Crippen LogP contribution in [0.3, 0.4) is 0 Å². The number of carbonyl (C=O) groups excluding carboxylic acids is 1. The Morgan fingerprint density at radius 1 is 1.33 bits per heavy atom. The number of anilines is 1. The van der Waals surface area contributed by atoms with E-state index in [0.717, 1.165) is 12.8 Å². The van der Waals surface area contributed by atoms with Crippen molar-refractivity contribution in [2.24, 2.45) is 0 Å². The zero-order valence-corrected chi connectivity index (χ0v) is 15.4. The predicted octanol–water partition coefficient (Wildman–Crippen LogP) is 2.16. The summed E-state index contributed by atoms with van der Waals surface area (Å²) in [6.45, 7) is 2.93. The Bertz CT molecular complexity index is 1120. The van der Waals surface area contributed by atoms with Crippen LogP contribution in [0.1, 0.15) is 40.4 Å². The van der Waals surface area contributed by atoms with Crippen LogP contribution in [-0.4, -0.2) is 28.5 Å². The number of rotatable bonds is 3. The quantitative estimate of drug-likeness (QED) is 0.739. The number of amides is 1. The highest BCUT2D eigenvalue weighted by molar-refractivity contribution is 7.15. The fraction of sp³-hybridized carbons (Fsp3) is 0.333. The Hall–Kier alpha value is -2.78. The third kappa shape index (κ3) is 3.31. The summed E-state index contributed by atoms with van der Waals surface area (Å²) in [5, 5.41) is 4.20.